The zero-order chi connectivity index (χ0) is 19.6. The van der Waals surface area contributed by atoms with Gasteiger partial charge in [-0.05, 0) is 55.0 Å². The average molecular weight is 401 g/mol. The number of hydrogen-bond donors (Lipinski definition) is 2. The Hall–Kier alpha value is -1.89. The van der Waals surface area contributed by atoms with E-state index in [1.165, 1.54) is 5.56 Å². The van der Waals surface area contributed by atoms with Crippen LogP contribution in [0.3, 0.4) is 0 Å². The number of hydrogen-bond acceptors (Lipinski definition) is 4. The number of nitrogens with one attached hydrogen (secondary N) is 2. The maximum absolute atomic E-state index is 12.2. The SMILES string of the molecule is CN[C@H]1COc2ccc(CNS(=O)(=O)CC3CC3)cc2[C@H]1Cc1ccccc1. The normalized spacial score (nSPS) is 21.8. The van der Waals surface area contributed by atoms with Gasteiger partial charge in [-0.3, -0.25) is 0 Å². The first-order valence-electron chi connectivity index (χ1n) is 9.98. The molecule has 150 valence electrons. The van der Waals surface area contributed by atoms with Crippen LogP contribution in [0.5, 0.6) is 5.75 Å². The van der Waals surface area contributed by atoms with Crippen LogP contribution >= 0.6 is 0 Å². The third kappa shape index (κ3) is 4.74. The van der Waals surface area contributed by atoms with Gasteiger partial charge in [-0.25, -0.2) is 13.1 Å². The molecule has 0 amide bonds. The van der Waals surface area contributed by atoms with Crippen molar-refractivity contribution in [2.75, 3.05) is 19.4 Å². The van der Waals surface area contributed by atoms with E-state index in [1.807, 2.05) is 25.2 Å². The topological polar surface area (TPSA) is 67.4 Å². The molecule has 1 heterocycles. The second kappa shape index (κ2) is 8.23. The van der Waals surface area contributed by atoms with Crippen LogP contribution in [0.25, 0.3) is 0 Å². The molecular weight excluding hydrogens is 372 g/mol. The van der Waals surface area contributed by atoms with Gasteiger partial charge in [-0.1, -0.05) is 42.5 Å². The average Bonchev–Trinajstić information content (AvgIpc) is 3.51. The molecule has 0 spiro atoms. The van der Waals surface area contributed by atoms with Crippen molar-refractivity contribution >= 4 is 10.0 Å². The Kier molecular flexibility index (Phi) is 5.71. The maximum atomic E-state index is 12.2. The van der Waals surface area contributed by atoms with Gasteiger partial charge in [-0.2, -0.15) is 0 Å². The van der Waals surface area contributed by atoms with Crippen molar-refractivity contribution in [1.29, 1.82) is 0 Å². The molecule has 5 nitrogen and oxygen atoms in total. The van der Waals surface area contributed by atoms with Crippen LogP contribution in [0.15, 0.2) is 48.5 Å². The Balaban J connectivity index is 1.53. The van der Waals surface area contributed by atoms with Gasteiger partial charge in [0.25, 0.3) is 0 Å². The van der Waals surface area contributed by atoms with Crippen molar-refractivity contribution in [1.82, 2.24) is 10.0 Å². The van der Waals surface area contributed by atoms with Crippen molar-refractivity contribution in [3.63, 3.8) is 0 Å². The molecule has 0 saturated heterocycles. The van der Waals surface area contributed by atoms with Crippen molar-refractivity contribution in [3.8, 4) is 5.75 Å². The highest BCUT2D eigenvalue weighted by Crippen LogP contribution is 2.37. The fourth-order valence-corrected chi connectivity index (χ4v) is 5.35. The third-order valence-electron chi connectivity index (χ3n) is 5.70. The lowest BCUT2D eigenvalue weighted by Gasteiger charge is -2.34. The molecule has 4 rings (SSSR count). The summed E-state index contributed by atoms with van der Waals surface area (Å²) in [5.41, 5.74) is 3.40. The first-order valence-corrected chi connectivity index (χ1v) is 11.6. The van der Waals surface area contributed by atoms with Crippen LogP contribution in [0.1, 0.15) is 35.4 Å². The summed E-state index contributed by atoms with van der Waals surface area (Å²) in [6.45, 7) is 0.957. The molecule has 28 heavy (non-hydrogen) atoms. The Morgan fingerprint density at radius 1 is 1.07 bits per heavy atom. The molecule has 2 aromatic rings. The maximum Gasteiger partial charge on any atom is 0.212 e. The minimum atomic E-state index is -3.21. The van der Waals surface area contributed by atoms with E-state index in [4.69, 9.17) is 4.74 Å². The number of benzene rings is 2. The summed E-state index contributed by atoms with van der Waals surface area (Å²) >= 11 is 0. The molecule has 2 N–H and O–H groups in total. The first-order chi connectivity index (χ1) is 13.5. The summed E-state index contributed by atoms with van der Waals surface area (Å²) < 4.78 is 33.1. The van der Waals surface area contributed by atoms with E-state index in [1.54, 1.807) is 0 Å². The van der Waals surface area contributed by atoms with Gasteiger partial charge >= 0.3 is 0 Å². The lowest BCUT2D eigenvalue weighted by molar-refractivity contribution is 0.218. The van der Waals surface area contributed by atoms with Gasteiger partial charge in [0.1, 0.15) is 12.4 Å². The van der Waals surface area contributed by atoms with Crippen LogP contribution in [0.4, 0.5) is 0 Å². The minimum absolute atomic E-state index is 0.217. The number of fused-ring (bicyclic) bond motifs is 1. The summed E-state index contributed by atoms with van der Waals surface area (Å²) in [5, 5.41) is 3.38. The van der Waals surface area contributed by atoms with E-state index < -0.39 is 10.0 Å². The summed E-state index contributed by atoms with van der Waals surface area (Å²) in [5.74, 6) is 1.77. The molecule has 1 aliphatic carbocycles. The van der Waals surface area contributed by atoms with Crippen molar-refractivity contribution in [2.24, 2.45) is 5.92 Å². The summed E-state index contributed by atoms with van der Waals surface area (Å²) in [6, 6.07) is 16.7. The summed E-state index contributed by atoms with van der Waals surface area (Å²) in [7, 11) is -1.24. The van der Waals surface area contributed by atoms with Crippen molar-refractivity contribution < 1.29 is 13.2 Å². The quantitative estimate of drug-likeness (QED) is 0.715. The molecule has 1 saturated carbocycles. The van der Waals surface area contributed by atoms with E-state index in [9.17, 15) is 8.42 Å². The van der Waals surface area contributed by atoms with Gasteiger partial charge in [0.15, 0.2) is 0 Å². The number of sulfonamides is 1. The molecule has 0 bridgehead atoms. The minimum Gasteiger partial charge on any atom is -0.492 e. The molecule has 2 atom stereocenters. The van der Waals surface area contributed by atoms with E-state index in [0.717, 1.165) is 36.1 Å². The highest BCUT2D eigenvalue weighted by Gasteiger charge is 2.31. The molecule has 6 heteroatoms. The summed E-state index contributed by atoms with van der Waals surface area (Å²) in [4.78, 5) is 0. The fraction of sp³-hybridized carbons (Fsp3) is 0.455. The second-order valence-corrected chi connectivity index (χ2v) is 9.77. The largest absolute Gasteiger partial charge is 0.492 e. The van der Waals surface area contributed by atoms with E-state index >= 15 is 0 Å². The predicted octanol–water partition coefficient (Wildman–Crippen LogP) is 2.82. The molecule has 0 radical (unpaired) electrons. The van der Waals surface area contributed by atoms with Crippen LogP contribution in [-0.2, 0) is 23.0 Å². The van der Waals surface area contributed by atoms with E-state index in [0.29, 0.717) is 19.1 Å². The lowest BCUT2D eigenvalue weighted by Crippen LogP contribution is -2.41. The number of rotatable bonds is 8. The Bertz CT molecular complexity index is 911. The second-order valence-electron chi connectivity index (χ2n) is 7.92. The van der Waals surface area contributed by atoms with Crippen molar-refractivity contribution in [2.45, 2.75) is 37.8 Å². The monoisotopic (exact) mass is 400 g/mol. The van der Waals surface area contributed by atoms with Gasteiger partial charge in [0, 0.05) is 18.5 Å². The van der Waals surface area contributed by atoms with Crippen LogP contribution in [0, 0.1) is 5.92 Å². The third-order valence-corrected chi connectivity index (χ3v) is 7.19. The summed E-state index contributed by atoms with van der Waals surface area (Å²) in [6.07, 6.45) is 2.98. The van der Waals surface area contributed by atoms with E-state index in [-0.39, 0.29) is 17.7 Å². The highest BCUT2D eigenvalue weighted by atomic mass is 32.2. The van der Waals surface area contributed by atoms with Gasteiger partial charge in [0.05, 0.1) is 5.75 Å². The Morgan fingerprint density at radius 3 is 2.57 bits per heavy atom. The Labute approximate surface area is 167 Å². The van der Waals surface area contributed by atoms with Crippen LogP contribution in [0.2, 0.25) is 0 Å². The predicted molar refractivity (Wildman–Crippen MR) is 111 cm³/mol. The zero-order valence-electron chi connectivity index (χ0n) is 16.2. The van der Waals surface area contributed by atoms with Crippen LogP contribution < -0.4 is 14.8 Å². The van der Waals surface area contributed by atoms with Crippen LogP contribution in [-0.4, -0.2) is 33.9 Å². The lowest BCUT2D eigenvalue weighted by atomic mass is 9.83. The highest BCUT2D eigenvalue weighted by molar-refractivity contribution is 7.89. The van der Waals surface area contributed by atoms with Gasteiger partial charge < -0.3 is 10.1 Å². The fourth-order valence-electron chi connectivity index (χ4n) is 3.89. The Morgan fingerprint density at radius 2 is 1.86 bits per heavy atom. The molecule has 0 unspecified atom stereocenters. The first kappa shape index (κ1) is 19.4. The smallest absolute Gasteiger partial charge is 0.212 e. The molecule has 2 aliphatic rings. The van der Waals surface area contributed by atoms with E-state index in [2.05, 4.69) is 40.4 Å². The van der Waals surface area contributed by atoms with Crippen molar-refractivity contribution in [3.05, 3.63) is 65.2 Å². The molecule has 2 aromatic carbocycles. The number of ether oxygens (including phenoxy) is 1. The number of likely N-dealkylation sites (N-methyl/N-ethyl adjacent to an activating group) is 1. The zero-order valence-corrected chi connectivity index (χ0v) is 17.0. The molecule has 0 aromatic heterocycles. The standard InChI is InChI=1S/C22H28N2O3S/c1-23-21-14-27-22-10-9-18(13-24-28(25,26)15-17-7-8-17)12-20(22)19(21)11-16-5-3-2-4-6-16/h2-6,9-10,12,17,19,21,23-24H,7-8,11,13-15H2,1H3/t19-,21+/m1/s1. The molecule has 1 aliphatic heterocycles. The molecule has 1 fully saturated rings. The van der Waals surface area contributed by atoms with Gasteiger partial charge in [-0.15, -0.1) is 0 Å². The molecular formula is C22H28N2O3S. The van der Waals surface area contributed by atoms with Gasteiger partial charge in [0.2, 0.25) is 10.0 Å².